The van der Waals surface area contributed by atoms with E-state index in [0.717, 1.165) is 22.2 Å². The van der Waals surface area contributed by atoms with Gasteiger partial charge in [-0.25, -0.2) is 9.37 Å². The molecule has 0 saturated heterocycles. The van der Waals surface area contributed by atoms with E-state index in [2.05, 4.69) is 11.4 Å². The molecule has 4 rings (SSSR count). The zero-order chi connectivity index (χ0) is 18.8. The summed E-state index contributed by atoms with van der Waals surface area (Å²) in [6.45, 7) is 2.05. The van der Waals surface area contributed by atoms with Crippen LogP contribution in [0.5, 0.6) is 0 Å². The van der Waals surface area contributed by atoms with Crippen molar-refractivity contribution >= 4 is 22.5 Å². The Morgan fingerprint density at radius 1 is 0.926 bits per heavy atom. The molecule has 27 heavy (non-hydrogen) atoms. The molecule has 0 saturated carbocycles. The Kier molecular flexibility index (Phi) is 4.38. The van der Waals surface area contributed by atoms with Gasteiger partial charge in [-0.05, 0) is 55.5 Å². The Morgan fingerprint density at radius 3 is 2.52 bits per heavy atom. The molecule has 1 N–H and O–H groups in total. The van der Waals surface area contributed by atoms with Crippen molar-refractivity contribution in [2.24, 2.45) is 0 Å². The van der Waals surface area contributed by atoms with Crippen molar-refractivity contribution < 1.29 is 9.18 Å². The zero-order valence-electron chi connectivity index (χ0n) is 14.7. The summed E-state index contributed by atoms with van der Waals surface area (Å²) in [7, 11) is 0. The molecule has 3 aromatic carbocycles. The standard InChI is InChI=1S/C23H17FN2O/c1-15-6-12-20-17(14-15)9-13-22(25-20)19-4-2-3-5-21(19)26-23(27)16-7-10-18(24)11-8-16/h2-14H,1H3,(H,26,27). The second-order valence-electron chi connectivity index (χ2n) is 6.40. The molecule has 4 aromatic rings. The maximum atomic E-state index is 13.1. The van der Waals surface area contributed by atoms with E-state index in [1.54, 1.807) is 0 Å². The van der Waals surface area contributed by atoms with E-state index in [9.17, 15) is 9.18 Å². The van der Waals surface area contributed by atoms with Gasteiger partial charge in [-0.3, -0.25) is 4.79 Å². The van der Waals surface area contributed by atoms with Gasteiger partial charge in [0.2, 0.25) is 0 Å². The number of halogens is 1. The number of nitrogens with zero attached hydrogens (tertiary/aromatic N) is 1. The van der Waals surface area contributed by atoms with Crippen molar-refractivity contribution in [1.82, 2.24) is 4.98 Å². The number of anilines is 1. The molecule has 0 fully saturated rings. The van der Waals surface area contributed by atoms with E-state index in [1.807, 2.05) is 55.5 Å². The first-order chi connectivity index (χ1) is 13.1. The third-order valence-electron chi connectivity index (χ3n) is 4.40. The lowest BCUT2D eigenvalue weighted by atomic mass is 10.1. The molecule has 4 heteroatoms. The van der Waals surface area contributed by atoms with Crippen LogP contribution in [0.2, 0.25) is 0 Å². The number of nitrogens with one attached hydrogen (secondary N) is 1. The number of amides is 1. The number of hydrogen-bond donors (Lipinski definition) is 1. The first-order valence-corrected chi connectivity index (χ1v) is 8.64. The molecule has 0 atom stereocenters. The van der Waals surface area contributed by atoms with Crippen molar-refractivity contribution in [3.05, 3.63) is 95.8 Å². The first-order valence-electron chi connectivity index (χ1n) is 8.64. The maximum absolute atomic E-state index is 13.1. The van der Waals surface area contributed by atoms with E-state index in [4.69, 9.17) is 4.98 Å². The molecule has 0 aliphatic carbocycles. The van der Waals surface area contributed by atoms with Crippen LogP contribution in [0.4, 0.5) is 10.1 Å². The summed E-state index contributed by atoms with van der Waals surface area (Å²) < 4.78 is 13.1. The Morgan fingerprint density at radius 2 is 1.70 bits per heavy atom. The smallest absolute Gasteiger partial charge is 0.255 e. The topological polar surface area (TPSA) is 42.0 Å². The van der Waals surface area contributed by atoms with E-state index in [0.29, 0.717) is 11.3 Å². The minimum atomic E-state index is -0.373. The number of benzene rings is 3. The average Bonchev–Trinajstić information content (AvgIpc) is 2.68. The molecule has 0 bridgehead atoms. The molecule has 1 heterocycles. The lowest BCUT2D eigenvalue weighted by Crippen LogP contribution is -2.12. The normalized spacial score (nSPS) is 10.7. The molecule has 1 aromatic heterocycles. The fourth-order valence-electron chi connectivity index (χ4n) is 3.01. The van der Waals surface area contributed by atoms with Gasteiger partial charge in [0.25, 0.3) is 5.91 Å². The number of fused-ring (bicyclic) bond motifs is 1. The maximum Gasteiger partial charge on any atom is 0.255 e. The molecular weight excluding hydrogens is 339 g/mol. The summed E-state index contributed by atoms with van der Waals surface area (Å²) in [5.74, 6) is -0.665. The van der Waals surface area contributed by atoms with E-state index in [-0.39, 0.29) is 11.7 Å². The summed E-state index contributed by atoms with van der Waals surface area (Å²) in [4.78, 5) is 17.2. The van der Waals surface area contributed by atoms with Gasteiger partial charge in [0.05, 0.1) is 16.9 Å². The van der Waals surface area contributed by atoms with Gasteiger partial charge < -0.3 is 5.32 Å². The van der Waals surface area contributed by atoms with Crippen LogP contribution in [0.1, 0.15) is 15.9 Å². The number of rotatable bonds is 3. The van der Waals surface area contributed by atoms with Crippen LogP contribution in [0.3, 0.4) is 0 Å². The van der Waals surface area contributed by atoms with Gasteiger partial charge in [-0.1, -0.05) is 35.9 Å². The molecule has 132 valence electrons. The van der Waals surface area contributed by atoms with Crippen LogP contribution >= 0.6 is 0 Å². The SMILES string of the molecule is Cc1ccc2nc(-c3ccccc3NC(=O)c3ccc(F)cc3)ccc2c1. The van der Waals surface area contributed by atoms with Crippen LogP contribution in [0.15, 0.2) is 78.9 Å². The van der Waals surface area contributed by atoms with Crippen LogP contribution in [-0.2, 0) is 0 Å². The number of carbonyl (C=O) groups is 1. The molecule has 0 unspecified atom stereocenters. The summed E-state index contributed by atoms with van der Waals surface area (Å²) >= 11 is 0. The van der Waals surface area contributed by atoms with Crippen molar-refractivity contribution in [2.75, 3.05) is 5.32 Å². The second kappa shape index (κ2) is 7.00. The minimum absolute atomic E-state index is 0.293. The number of para-hydroxylation sites is 1. The van der Waals surface area contributed by atoms with Crippen LogP contribution in [-0.4, -0.2) is 10.9 Å². The summed E-state index contributed by atoms with van der Waals surface area (Å²) in [6, 6.07) is 23.1. The van der Waals surface area contributed by atoms with E-state index >= 15 is 0 Å². The van der Waals surface area contributed by atoms with E-state index < -0.39 is 0 Å². The highest BCUT2D eigenvalue weighted by Crippen LogP contribution is 2.28. The van der Waals surface area contributed by atoms with Crippen LogP contribution in [0.25, 0.3) is 22.2 Å². The highest BCUT2D eigenvalue weighted by molar-refractivity contribution is 6.06. The largest absolute Gasteiger partial charge is 0.321 e. The Balaban J connectivity index is 1.69. The van der Waals surface area contributed by atoms with Gasteiger partial charge in [0, 0.05) is 16.5 Å². The Bertz CT molecular complexity index is 1140. The van der Waals surface area contributed by atoms with Crippen molar-refractivity contribution in [1.29, 1.82) is 0 Å². The minimum Gasteiger partial charge on any atom is -0.321 e. The van der Waals surface area contributed by atoms with Crippen molar-refractivity contribution in [3.8, 4) is 11.3 Å². The number of aryl methyl sites for hydroxylation is 1. The van der Waals surface area contributed by atoms with Gasteiger partial charge >= 0.3 is 0 Å². The highest BCUT2D eigenvalue weighted by atomic mass is 19.1. The summed E-state index contributed by atoms with van der Waals surface area (Å²) in [5, 5.41) is 3.98. The fourth-order valence-corrected chi connectivity index (χ4v) is 3.01. The lowest BCUT2D eigenvalue weighted by Gasteiger charge is -2.11. The van der Waals surface area contributed by atoms with Gasteiger partial charge in [-0.2, -0.15) is 0 Å². The number of hydrogen-bond acceptors (Lipinski definition) is 2. The quantitative estimate of drug-likeness (QED) is 0.519. The van der Waals surface area contributed by atoms with Gasteiger partial charge in [-0.15, -0.1) is 0 Å². The first kappa shape index (κ1) is 16.9. The fraction of sp³-hybridized carbons (Fsp3) is 0.0435. The predicted octanol–water partition coefficient (Wildman–Crippen LogP) is 5.60. The van der Waals surface area contributed by atoms with Crippen molar-refractivity contribution in [2.45, 2.75) is 6.92 Å². The highest BCUT2D eigenvalue weighted by Gasteiger charge is 2.11. The van der Waals surface area contributed by atoms with Crippen LogP contribution in [0, 0.1) is 12.7 Å². The molecule has 0 radical (unpaired) electrons. The average molecular weight is 356 g/mol. The molecule has 0 aliphatic rings. The van der Waals surface area contributed by atoms with E-state index in [1.165, 1.54) is 29.8 Å². The second-order valence-corrected chi connectivity index (χ2v) is 6.40. The molecule has 3 nitrogen and oxygen atoms in total. The van der Waals surface area contributed by atoms with Crippen molar-refractivity contribution in [3.63, 3.8) is 0 Å². The monoisotopic (exact) mass is 356 g/mol. The number of pyridine rings is 1. The van der Waals surface area contributed by atoms with Gasteiger partial charge in [0.1, 0.15) is 5.82 Å². The summed E-state index contributed by atoms with van der Waals surface area (Å²) in [5.41, 5.74) is 4.75. The molecule has 0 spiro atoms. The molecule has 1 amide bonds. The lowest BCUT2D eigenvalue weighted by molar-refractivity contribution is 0.102. The van der Waals surface area contributed by atoms with Crippen LogP contribution < -0.4 is 5.32 Å². The molecule has 0 aliphatic heterocycles. The summed E-state index contributed by atoms with van der Waals surface area (Å²) in [6.07, 6.45) is 0. The number of carbonyl (C=O) groups excluding carboxylic acids is 1. The Labute approximate surface area is 156 Å². The third-order valence-corrected chi connectivity index (χ3v) is 4.40. The molecular formula is C23H17FN2O. The Hall–Kier alpha value is -3.53. The zero-order valence-corrected chi connectivity index (χ0v) is 14.7. The number of aromatic nitrogens is 1. The predicted molar refractivity (Wildman–Crippen MR) is 106 cm³/mol. The van der Waals surface area contributed by atoms with Gasteiger partial charge in [0.15, 0.2) is 0 Å². The third kappa shape index (κ3) is 3.55.